The molecule has 0 atom stereocenters. The molecule has 0 aromatic heterocycles. The zero-order valence-electron chi connectivity index (χ0n) is 14.4. The van der Waals surface area contributed by atoms with Gasteiger partial charge in [-0.25, -0.2) is 0 Å². The zero-order valence-corrected chi connectivity index (χ0v) is 14.4. The third-order valence-electron chi connectivity index (χ3n) is 4.02. The van der Waals surface area contributed by atoms with E-state index in [0.717, 1.165) is 5.56 Å². The summed E-state index contributed by atoms with van der Waals surface area (Å²) in [6.07, 6.45) is 0. The van der Waals surface area contributed by atoms with Crippen molar-refractivity contribution in [2.75, 3.05) is 14.2 Å². The number of carbonyl (C=O) groups excluding carboxylic acids is 1. The lowest BCUT2D eigenvalue weighted by Crippen LogP contribution is -2.40. The van der Waals surface area contributed by atoms with Crippen LogP contribution >= 0.6 is 0 Å². The van der Waals surface area contributed by atoms with E-state index < -0.39 is 5.79 Å². The number of Topliss-reactive ketones (excluding diaryl/α,β-unsaturated/α-hetero) is 1. The van der Waals surface area contributed by atoms with Crippen molar-refractivity contribution >= 4 is 5.78 Å². The van der Waals surface area contributed by atoms with Crippen molar-refractivity contribution in [3.8, 4) is 0 Å². The first-order chi connectivity index (χ1) is 10.8. The number of ketones is 1. The van der Waals surface area contributed by atoms with Crippen LogP contribution in [-0.2, 0) is 20.7 Å². The van der Waals surface area contributed by atoms with Gasteiger partial charge in [0.2, 0.25) is 5.78 Å². The molecule has 0 bridgehead atoms. The predicted octanol–water partition coefficient (Wildman–Crippen LogP) is 4.31. The van der Waals surface area contributed by atoms with Crippen molar-refractivity contribution in [1.29, 1.82) is 0 Å². The fourth-order valence-electron chi connectivity index (χ4n) is 2.61. The Kier molecular flexibility index (Phi) is 5.03. The average Bonchev–Trinajstić information content (AvgIpc) is 2.57. The van der Waals surface area contributed by atoms with Crippen LogP contribution < -0.4 is 0 Å². The number of rotatable bonds is 5. The topological polar surface area (TPSA) is 35.5 Å². The Balaban J connectivity index is 2.52. The summed E-state index contributed by atoms with van der Waals surface area (Å²) in [6.45, 7) is 6.36. The minimum atomic E-state index is -1.43. The lowest BCUT2D eigenvalue weighted by Gasteiger charge is -2.30. The minimum Gasteiger partial charge on any atom is -0.343 e. The van der Waals surface area contributed by atoms with Crippen molar-refractivity contribution in [3.05, 3.63) is 71.3 Å². The minimum absolute atomic E-state index is 0.0359. The van der Waals surface area contributed by atoms with E-state index in [1.807, 2.05) is 48.5 Å². The van der Waals surface area contributed by atoms with E-state index >= 15 is 0 Å². The van der Waals surface area contributed by atoms with Crippen LogP contribution in [0.5, 0.6) is 0 Å². The van der Waals surface area contributed by atoms with Crippen LogP contribution in [0, 0.1) is 0 Å². The second kappa shape index (κ2) is 6.65. The molecular formula is C20H24O3. The Morgan fingerprint density at radius 2 is 1.39 bits per heavy atom. The van der Waals surface area contributed by atoms with Gasteiger partial charge in [-0.3, -0.25) is 4.79 Å². The highest BCUT2D eigenvalue weighted by Crippen LogP contribution is 2.32. The number of hydrogen-bond donors (Lipinski definition) is 0. The lowest BCUT2D eigenvalue weighted by molar-refractivity contribution is -0.176. The van der Waals surface area contributed by atoms with Crippen LogP contribution in [0.15, 0.2) is 54.6 Å². The molecule has 122 valence electrons. The van der Waals surface area contributed by atoms with E-state index in [2.05, 4.69) is 20.8 Å². The number of carbonyl (C=O) groups is 1. The van der Waals surface area contributed by atoms with Crippen LogP contribution in [0.3, 0.4) is 0 Å². The van der Waals surface area contributed by atoms with Crippen LogP contribution in [0.1, 0.15) is 42.3 Å². The molecule has 3 heteroatoms. The summed E-state index contributed by atoms with van der Waals surface area (Å²) >= 11 is 0. The maximum atomic E-state index is 13.2. The summed E-state index contributed by atoms with van der Waals surface area (Å²) in [6, 6.07) is 16.9. The SMILES string of the molecule is COC(OC)(C(=O)c1cccc(C(C)(C)C)c1)c1ccccc1. The van der Waals surface area contributed by atoms with Crippen molar-refractivity contribution in [3.63, 3.8) is 0 Å². The van der Waals surface area contributed by atoms with Crippen LogP contribution in [0.4, 0.5) is 0 Å². The first-order valence-corrected chi connectivity index (χ1v) is 7.66. The zero-order chi connectivity index (χ0) is 17.1. The van der Waals surface area contributed by atoms with Gasteiger partial charge in [0.1, 0.15) is 0 Å². The predicted molar refractivity (Wildman–Crippen MR) is 91.6 cm³/mol. The fraction of sp³-hybridized carbons (Fsp3) is 0.350. The second-order valence-corrected chi connectivity index (χ2v) is 6.55. The smallest absolute Gasteiger partial charge is 0.260 e. The van der Waals surface area contributed by atoms with Crippen molar-refractivity contribution in [1.82, 2.24) is 0 Å². The largest absolute Gasteiger partial charge is 0.343 e. The van der Waals surface area contributed by atoms with Crippen LogP contribution in [0.25, 0.3) is 0 Å². The molecule has 0 unspecified atom stereocenters. The van der Waals surface area contributed by atoms with Gasteiger partial charge in [0.05, 0.1) is 0 Å². The molecule has 23 heavy (non-hydrogen) atoms. The molecule has 0 spiro atoms. The van der Waals surface area contributed by atoms with Gasteiger partial charge < -0.3 is 9.47 Å². The highest BCUT2D eigenvalue weighted by Gasteiger charge is 2.41. The number of methoxy groups -OCH3 is 2. The molecule has 0 saturated carbocycles. The first-order valence-electron chi connectivity index (χ1n) is 7.66. The van der Waals surface area contributed by atoms with E-state index in [1.165, 1.54) is 14.2 Å². The van der Waals surface area contributed by atoms with E-state index in [-0.39, 0.29) is 11.2 Å². The Hall–Kier alpha value is -1.97. The summed E-state index contributed by atoms with van der Waals surface area (Å²) in [5, 5.41) is 0. The molecule has 0 radical (unpaired) electrons. The van der Waals surface area contributed by atoms with Gasteiger partial charge in [0.25, 0.3) is 5.79 Å². The van der Waals surface area contributed by atoms with E-state index in [1.54, 1.807) is 6.07 Å². The molecule has 0 N–H and O–H groups in total. The summed E-state index contributed by atoms with van der Waals surface area (Å²) < 4.78 is 11.1. The highest BCUT2D eigenvalue weighted by atomic mass is 16.7. The molecular weight excluding hydrogens is 288 g/mol. The lowest BCUT2D eigenvalue weighted by atomic mass is 9.85. The Morgan fingerprint density at radius 3 is 1.91 bits per heavy atom. The van der Waals surface area contributed by atoms with Gasteiger partial charge in [-0.2, -0.15) is 0 Å². The molecule has 0 fully saturated rings. The van der Waals surface area contributed by atoms with Gasteiger partial charge in [0, 0.05) is 25.3 Å². The Morgan fingerprint density at radius 1 is 0.826 bits per heavy atom. The fourth-order valence-corrected chi connectivity index (χ4v) is 2.61. The van der Waals surface area contributed by atoms with Crippen LogP contribution in [-0.4, -0.2) is 20.0 Å². The average molecular weight is 312 g/mol. The first kappa shape index (κ1) is 17.4. The molecule has 0 heterocycles. The summed E-state index contributed by atoms with van der Waals surface area (Å²) in [4.78, 5) is 13.2. The standard InChI is InChI=1S/C20H24O3/c1-19(2,3)17-13-9-10-15(14-17)18(21)20(22-4,23-5)16-11-7-6-8-12-16/h6-14H,1-5H3. The molecule has 2 aromatic rings. The Bertz CT molecular complexity index is 665. The third kappa shape index (κ3) is 3.36. The molecule has 2 aromatic carbocycles. The molecule has 0 saturated heterocycles. The summed E-state index contributed by atoms with van der Waals surface area (Å²) in [5.41, 5.74) is 2.31. The van der Waals surface area contributed by atoms with Crippen molar-refractivity contribution in [2.24, 2.45) is 0 Å². The second-order valence-electron chi connectivity index (χ2n) is 6.55. The molecule has 0 amide bonds. The summed E-state index contributed by atoms with van der Waals surface area (Å²) in [5.74, 6) is -1.64. The van der Waals surface area contributed by atoms with Crippen molar-refractivity contribution in [2.45, 2.75) is 32.0 Å². The molecule has 2 rings (SSSR count). The van der Waals surface area contributed by atoms with Crippen molar-refractivity contribution < 1.29 is 14.3 Å². The number of ether oxygens (including phenoxy) is 2. The van der Waals surface area contributed by atoms with E-state index in [4.69, 9.17) is 9.47 Å². The molecule has 3 nitrogen and oxygen atoms in total. The Labute approximate surface area is 138 Å². The van der Waals surface area contributed by atoms with Gasteiger partial charge in [-0.1, -0.05) is 69.3 Å². The maximum Gasteiger partial charge on any atom is 0.260 e. The number of benzene rings is 2. The highest BCUT2D eigenvalue weighted by molar-refractivity contribution is 6.02. The van der Waals surface area contributed by atoms with Gasteiger partial charge in [0.15, 0.2) is 0 Å². The maximum absolute atomic E-state index is 13.2. The van der Waals surface area contributed by atoms with E-state index in [9.17, 15) is 4.79 Å². The molecule has 0 aliphatic heterocycles. The van der Waals surface area contributed by atoms with Gasteiger partial charge in [-0.15, -0.1) is 0 Å². The quantitative estimate of drug-likeness (QED) is 0.609. The number of hydrogen-bond acceptors (Lipinski definition) is 3. The van der Waals surface area contributed by atoms with E-state index in [0.29, 0.717) is 11.1 Å². The summed E-state index contributed by atoms with van der Waals surface area (Å²) in [7, 11) is 2.98. The molecule has 0 aliphatic carbocycles. The molecule has 0 aliphatic rings. The third-order valence-corrected chi connectivity index (χ3v) is 4.02. The van der Waals surface area contributed by atoms with Crippen LogP contribution in [0.2, 0.25) is 0 Å². The monoisotopic (exact) mass is 312 g/mol. The van der Waals surface area contributed by atoms with Gasteiger partial charge in [-0.05, 0) is 17.0 Å². The van der Waals surface area contributed by atoms with Gasteiger partial charge >= 0.3 is 0 Å². The normalized spacial score (nSPS) is 12.2.